The van der Waals surface area contributed by atoms with Crippen LogP contribution >= 0.6 is 0 Å². The van der Waals surface area contributed by atoms with Gasteiger partial charge in [-0.05, 0) is 18.2 Å². The van der Waals surface area contributed by atoms with E-state index in [1.54, 1.807) is 0 Å². The van der Waals surface area contributed by atoms with Gasteiger partial charge >= 0.3 is 5.51 Å². The van der Waals surface area contributed by atoms with Crippen molar-refractivity contribution in [2.24, 2.45) is 0 Å². The van der Waals surface area contributed by atoms with E-state index in [0.717, 1.165) is 18.2 Å². The molecule has 2 aromatic rings. The summed E-state index contributed by atoms with van der Waals surface area (Å²) in [6.45, 7) is 0. The van der Waals surface area contributed by atoms with E-state index in [2.05, 4.69) is 4.42 Å². The first-order chi connectivity index (χ1) is 10.2. The topological polar surface area (TPSA) is 64.3 Å². The zero-order chi connectivity index (χ0) is 16.2. The van der Waals surface area contributed by atoms with E-state index in [9.17, 15) is 31.4 Å². The van der Waals surface area contributed by atoms with Crippen molar-refractivity contribution in [3.63, 3.8) is 0 Å². The van der Waals surface area contributed by atoms with Crippen molar-refractivity contribution in [3.8, 4) is 0 Å². The molecule has 0 saturated heterocycles. The molecule has 1 aromatic carbocycles. The van der Waals surface area contributed by atoms with E-state index < -0.39 is 50.1 Å². The molecule has 1 aliphatic carbocycles. The first-order valence-corrected chi connectivity index (χ1v) is 6.86. The third-order valence-corrected chi connectivity index (χ3v) is 4.01. The molecule has 3 rings (SSSR count). The van der Waals surface area contributed by atoms with Gasteiger partial charge in [0.15, 0.2) is 22.3 Å². The lowest BCUT2D eigenvalue weighted by Gasteiger charge is -2.12. The minimum absolute atomic E-state index is 0.149. The number of halogens is 4. The number of benzene rings is 1. The average molecular weight is 332 g/mol. The average Bonchev–Trinajstić information content (AvgIpc) is 2.88. The highest BCUT2D eigenvalue weighted by atomic mass is 32.2. The molecule has 9 heteroatoms. The van der Waals surface area contributed by atoms with Crippen molar-refractivity contribution in [2.75, 3.05) is 0 Å². The molecule has 0 spiro atoms. The van der Waals surface area contributed by atoms with Crippen LogP contribution in [-0.4, -0.2) is 21.3 Å². The van der Waals surface area contributed by atoms with Gasteiger partial charge in [-0.1, -0.05) is 0 Å². The van der Waals surface area contributed by atoms with Crippen LogP contribution in [0.5, 0.6) is 0 Å². The van der Waals surface area contributed by atoms with Crippen molar-refractivity contribution in [1.82, 2.24) is 0 Å². The fourth-order valence-corrected chi connectivity index (χ4v) is 2.69. The molecule has 1 atom stereocenters. The smallest absolute Gasteiger partial charge is 0.443 e. The van der Waals surface area contributed by atoms with Gasteiger partial charge in [-0.15, -0.1) is 0 Å². The Morgan fingerprint density at radius 1 is 0.955 bits per heavy atom. The number of hydrogen-bond donors (Lipinski definition) is 0. The summed E-state index contributed by atoms with van der Waals surface area (Å²) < 4.78 is 66.4. The molecule has 0 bridgehead atoms. The molecule has 0 saturated carbocycles. The van der Waals surface area contributed by atoms with Gasteiger partial charge < -0.3 is 4.42 Å². The molecule has 1 aromatic heterocycles. The largest absolute Gasteiger partial charge is 0.478 e. The summed E-state index contributed by atoms with van der Waals surface area (Å²) in [4.78, 5) is 24.2. The van der Waals surface area contributed by atoms with E-state index in [0.29, 0.717) is 6.07 Å². The molecule has 0 radical (unpaired) electrons. The van der Waals surface area contributed by atoms with Crippen LogP contribution in [0.4, 0.5) is 17.6 Å². The number of alkyl halides is 3. The Hall–Kier alpha value is -2.29. The van der Waals surface area contributed by atoms with Gasteiger partial charge in [0, 0.05) is 17.2 Å². The second-order valence-electron chi connectivity index (χ2n) is 4.37. The van der Waals surface area contributed by atoms with Crippen molar-refractivity contribution >= 4 is 22.4 Å². The highest BCUT2D eigenvalue weighted by Crippen LogP contribution is 2.34. The Morgan fingerprint density at radius 3 is 2.27 bits per heavy atom. The Kier molecular flexibility index (Phi) is 3.06. The lowest BCUT2D eigenvalue weighted by molar-refractivity contribution is -0.0393. The summed E-state index contributed by atoms with van der Waals surface area (Å²) >= 11 is 0. The minimum atomic E-state index is -5.09. The van der Waals surface area contributed by atoms with Crippen LogP contribution < -0.4 is 0 Å². The van der Waals surface area contributed by atoms with Crippen LogP contribution in [0.3, 0.4) is 0 Å². The number of carbonyl (C=O) groups is 2. The van der Waals surface area contributed by atoms with Gasteiger partial charge in [0.2, 0.25) is 10.9 Å². The van der Waals surface area contributed by atoms with Gasteiger partial charge in [0.25, 0.3) is 0 Å². The first kappa shape index (κ1) is 14.6. The molecular formula is C13H4F4O4S. The van der Waals surface area contributed by atoms with Crippen LogP contribution in [-0.2, 0) is 10.8 Å². The summed E-state index contributed by atoms with van der Waals surface area (Å²) in [5.74, 6) is -3.18. The molecule has 22 heavy (non-hydrogen) atoms. The molecule has 1 aliphatic rings. The number of ketones is 2. The van der Waals surface area contributed by atoms with E-state index in [-0.39, 0.29) is 11.1 Å². The van der Waals surface area contributed by atoms with Crippen LogP contribution in [0.15, 0.2) is 33.8 Å². The SMILES string of the molecule is O=C1c2ccc(F)cc2C(=O)c2oc(S(=O)C(F)(F)F)cc21. The van der Waals surface area contributed by atoms with Crippen molar-refractivity contribution in [3.05, 3.63) is 52.5 Å². The number of fused-ring (bicyclic) bond motifs is 2. The van der Waals surface area contributed by atoms with Crippen LogP contribution in [0.1, 0.15) is 32.0 Å². The van der Waals surface area contributed by atoms with Crippen LogP contribution in [0.25, 0.3) is 0 Å². The number of furan rings is 1. The Bertz CT molecular complexity index is 850. The third kappa shape index (κ3) is 2.08. The molecule has 4 nitrogen and oxygen atoms in total. The maximum Gasteiger partial charge on any atom is 0.478 e. The quantitative estimate of drug-likeness (QED) is 0.643. The predicted molar refractivity (Wildman–Crippen MR) is 64.4 cm³/mol. The summed E-state index contributed by atoms with van der Waals surface area (Å²) in [7, 11) is -3.51. The van der Waals surface area contributed by atoms with Crippen LogP contribution in [0.2, 0.25) is 0 Å². The van der Waals surface area contributed by atoms with Gasteiger partial charge in [0.05, 0.1) is 5.56 Å². The van der Waals surface area contributed by atoms with Gasteiger partial charge in [-0.25, -0.2) is 8.60 Å². The molecule has 1 heterocycles. The lowest BCUT2D eigenvalue weighted by Crippen LogP contribution is -2.19. The summed E-state index contributed by atoms with van der Waals surface area (Å²) in [6, 6.07) is 3.43. The molecule has 1 unspecified atom stereocenters. The standard InChI is InChI=1S/C13H4F4O4S/c14-5-1-2-6-7(3-5)11(19)12-8(10(6)18)4-9(21-12)22(20)13(15,16)17/h1-4H. The summed E-state index contributed by atoms with van der Waals surface area (Å²) in [5, 5.41) is -1.05. The number of carbonyl (C=O) groups excluding carboxylic acids is 2. The summed E-state index contributed by atoms with van der Waals surface area (Å²) in [6.07, 6.45) is 0. The van der Waals surface area contributed by atoms with Gasteiger partial charge in [-0.2, -0.15) is 13.2 Å². The lowest BCUT2D eigenvalue weighted by atomic mass is 9.88. The van der Waals surface area contributed by atoms with E-state index >= 15 is 0 Å². The van der Waals surface area contributed by atoms with Gasteiger partial charge in [0.1, 0.15) is 5.82 Å². The molecule has 0 aliphatic heterocycles. The highest BCUT2D eigenvalue weighted by Gasteiger charge is 2.43. The zero-order valence-electron chi connectivity index (χ0n) is 10.4. The predicted octanol–water partition coefficient (Wildman–Crippen LogP) is 2.82. The molecule has 114 valence electrons. The first-order valence-electron chi connectivity index (χ1n) is 5.71. The van der Waals surface area contributed by atoms with Crippen molar-refractivity contribution < 1.29 is 35.8 Å². The van der Waals surface area contributed by atoms with Gasteiger partial charge in [-0.3, -0.25) is 9.59 Å². The Balaban J connectivity index is 2.16. The molecular weight excluding hydrogens is 328 g/mol. The molecule has 0 amide bonds. The maximum atomic E-state index is 13.2. The van der Waals surface area contributed by atoms with E-state index in [4.69, 9.17) is 0 Å². The third-order valence-electron chi connectivity index (χ3n) is 3.02. The zero-order valence-corrected chi connectivity index (χ0v) is 11.2. The van der Waals surface area contributed by atoms with Crippen molar-refractivity contribution in [2.45, 2.75) is 10.6 Å². The monoisotopic (exact) mass is 332 g/mol. The fourth-order valence-electron chi connectivity index (χ4n) is 2.08. The van der Waals surface area contributed by atoms with Crippen LogP contribution in [0, 0.1) is 5.82 Å². The van der Waals surface area contributed by atoms with E-state index in [1.807, 2.05) is 0 Å². The molecule has 0 N–H and O–H groups in total. The van der Waals surface area contributed by atoms with E-state index in [1.165, 1.54) is 0 Å². The second-order valence-corrected chi connectivity index (χ2v) is 5.77. The van der Waals surface area contributed by atoms with Crippen molar-refractivity contribution in [1.29, 1.82) is 0 Å². The number of rotatable bonds is 1. The summed E-state index contributed by atoms with van der Waals surface area (Å²) in [5.41, 5.74) is -5.97. The normalized spacial score (nSPS) is 15.5. The Labute approximate surface area is 122 Å². The highest BCUT2D eigenvalue weighted by molar-refractivity contribution is 7.85. The molecule has 0 fully saturated rings. The maximum absolute atomic E-state index is 13.2. The fraction of sp³-hybridized carbons (Fsp3) is 0.0769. The Morgan fingerprint density at radius 2 is 1.64 bits per heavy atom. The number of hydrogen-bond acceptors (Lipinski definition) is 4. The minimum Gasteiger partial charge on any atom is -0.443 e. The second kappa shape index (κ2) is 4.60.